The summed E-state index contributed by atoms with van der Waals surface area (Å²) in [6.07, 6.45) is 3.94. The fourth-order valence-corrected chi connectivity index (χ4v) is 5.09. The second-order valence-corrected chi connectivity index (χ2v) is 9.11. The SMILES string of the molecule is O=C(NCc1nnn2c1COC1(CCN(C(=O)C3CCOCC3)C1)C2)C1CCOCC1. The summed E-state index contributed by atoms with van der Waals surface area (Å²) in [5.74, 6) is 0.360. The molecule has 170 valence electrons. The van der Waals surface area contributed by atoms with Crippen molar-refractivity contribution in [2.75, 3.05) is 39.5 Å². The minimum absolute atomic E-state index is 0.0115. The van der Waals surface area contributed by atoms with E-state index in [9.17, 15) is 9.59 Å². The molecule has 1 spiro atoms. The zero-order valence-electron chi connectivity index (χ0n) is 17.9. The van der Waals surface area contributed by atoms with Crippen molar-refractivity contribution in [2.24, 2.45) is 11.8 Å². The Labute approximate surface area is 181 Å². The van der Waals surface area contributed by atoms with Crippen molar-refractivity contribution in [3.8, 4) is 0 Å². The lowest BCUT2D eigenvalue weighted by molar-refractivity contribution is -0.140. The maximum atomic E-state index is 12.9. The molecule has 10 nitrogen and oxygen atoms in total. The molecule has 0 radical (unpaired) electrons. The number of amides is 2. The average Bonchev–Trinajstić information content (AvgIpc) is 3.42. The first-order valence-corrected chi connectivity index (χ1v) is 11.4. The predicted molar refractivity (Wildman–Crippen MR) is 108 cm³/mol. The smallest absolute Gasteiger partial charge is 0.225 e. The fraction of sp³-hybridized carbons (Fsp3) is 0.810. The zero-order chi connectivity index (χ0) is 21.3. The van der Waals surface area contributed by atoms with Crippen LogP contribution in [-0.2, 0) is 43.5 Å². The van der Waals surface area contributed by atoms with E-state index in [4.69, 9.17) is 14.2 Å². The molecule has 31 heavy (non-hydrogen) atoms. The van der Waals surface area contributed by atoms with Gasteiger partial charge in [0.25, 0.3) is 0 Å². The third kappa shape index (κ3) is 4.33. The van der Waals surface area contributed by atoms with E-state index in [2.05, 4.69) is 15.6 Å². The highest BCUT2D eigenvalue weighted by molar-refractivity contribution is 5.79. The number of rotatable bonds is 4. The number of likely N-dealkylation sites (tertiary alicyclic amines) is 1. The minimum atomic E-state index is -0.399. The maximum Gasteiger partial charge on any atom is 0.225 e. The van der Waals surface area contributed by atoms with Crippen molar-refractivity contribution in [1.82, 2.24) is 25.2 Å². The van der Waals surface area contributed by atoms with Gasteiger partial charge in [0.2, 0.25) is 11.8 Å². The van der Waals surface area contributed by atoms with Gasteiger partial charge in [-0.2, -0.15) is 0 Å². The predicted octanol–water partition coefficient (Wildman–Crippen LogP) is 0.249. The lowest BCUT2D eigenvalue weighted by Gasteiger charge is -2.34. The van der Waals surface area contributed by atoms with E-state index in [-0.39, 0.29) is 23.7 Å². The standard InChI is InChI=1S/C21H31N5O5/c27-19(15-1-7-29-8-2-15)22-11-17-18-12-31-21(14-26(18)24-23-17)5-6-25(13-21)20(28)16-3-9-30-10-4-16/h15-16H,1-14H2,(H,22,27). The van der Waals surface area contributed by atoms with Crippen LogP contribution in [0.3, 0.4) is 0 Å². The van der Waals surface area contributed by atoms with E-state index >= 15 is 0 Å². The van der Waals surface area contributed by atoms with Gasteiger partial charge in [0.05, 0.1) is 31.9 Å². The van der Waals surface area contributed by atoms with E-state index in [1.165, 1.54) is 0 Å². The Morgan fingerprint density at radius 2 is 1.74 bits per heavy atom. The first kappa shape index (κ1) is 20.8. The molecule has 4 aliphatic heterocycles. The highest BCUT2D eigenvalue weighted by Gasteiger charge is 2.45. The van der Waals surface area contributed by atoms with Gasteiger partial charge in [-0.05, 0) is 32.1 Å². The van der Waals surface area contributed by atoms with Crippen molar-refractivity contribution in [3.63, 3.8) is 0 Å². The number of hydrogen-bond acceptors (Lipinski definition) is 7. The molecule has 3 fully saturated rings. The molecule has 0 bridgehead atoms. The number of hydrogen-bond donors (Lipinski definition) is 1. The van der Waals surface area contributed by atoms with E-state index in [0.29, 0.717) is 59.2 Å². The molecular weight excluding hydrogens is 402 g/mol. The highest BCUT2D eigenvalue weighted by atomic mass is 16.5. The van der Waals surface area contributed by atoms with Gasteiger partial charge in [0, 0.05) is 44.8 Å². The summed E-state index contributed by atoms with van der Waals surface area (Å²) in [7, 11) is 0. The van der Waals surface area contributed by atoms with E-state index in [0.717, 1.165) is 43.5 Å². The molecular formula is C21H31N5O5. The Hall–Kier alpha value is -2.04. The Morgan fingerprint density at radius 3 is 2.48 bits per heavy atom. The van der Waals surface area contributed by atoms with Crippen LogP contribution in [0.15, 0.2) is 0 Å². The molecule has 4 aliphatic rings. The first-order chi connectivity index (χ1) is 15.1. The van der Waals surface area contributed by atoms with Crippen molar-refractivity contribution in [3.05, 3.63) is 11.4 Å². The molecule has 1 atom stereocenters. The molecule has 1 aromatic rings. The minimum Gasteiger partial charge on any atom is -0.381 e. The van der Waals surface area contributed by atoms with Gasteiger partial charge >= 0.3 is 0 Å². The number of carbonyl (C=O) groups is 2. The summed E-state index contributed by atoms with van der Waals surface area (Å²) in [6, 6.07) is 0. The highest BCUT2D eigenvalue weighted by Crippen LogP contribution is 2.34. The molecule has 5 rings (SSSR count). The molecule has 5 heterocycles. The number of ether oxygens (including phenoxy) is 3. The first-order valence-electron chi connectivity index (χ1n) is 11.4. The molecule has 3 saturated heterocycles. The molecule has 0 saturated carbocycles. The number of fused-ring (bicyclic) bond motifs is 1. The normalized spacial score (nSPS) is 27.4. The van der Waals surface area contributed by atoms with Crippen LogP contribution in [0.2, 0.25) is 0 Å². The summed E-state index contributed by atoms with van der Waals surface area (Å²) in [6.45, 7) is 5.27. The summed E-state index contributed by atoms with van der Waals surface area (Å²) in [5.41, 5.74) is 1.26. The van der Waals surface area contributed by atoms with Crippen molar-refractivity contribution in [2.45, 2.75) is 57.4 Å². The van der Waals surface area contributed by atoms with Gasteiger partial charge in [0.15, 0.2) is 0 Å². The second kappa shape index (κ2) is 8.84. The summed E-state index contributed by atoms with van der Waals surface area (Å²) in [4.78, 5) is 27.2. The quantitative estimate of drug-likeness (QED) is 0.725. The Morgan fingerprint density at radius 1 is 1.03 bits per heavy atom. The van der Waals surface area contributed by atoms with Crippen LogP contribution in [0.5, 0.6) is 0 Å². The molecule has 10 heteroatoms. The number of nitrogens with zero attached hydrogens (tertiary/aromatic N) is 4. The fourth-order valence-electron chi connectivity index (χ4n) is 5.09. The summed E-state index contributed by atoms with van der Waals surface area (Å²) < 4.78 is 18.9. The third-order valence-electron chi connectivity index (χ3n) is 7.09. The van der Waals surface area contributed by atoms with E-state index in [1.54, 1.807) is 0 Å². The van der Waals surface area contributed by atoms with Gasteiger partial charge in [0.1, 0.15) is 11.3 Å². The van der Waals surface area contributed by atoms with Crippen molar-refractivity contribution < 1.29 is 23.8 Å². The summed E-state index contributed by atoms with van der Waals surface area (Å²) in [5, 5.41) is 11.6. The van der Waals surface area contributed by atoms with Gasteiger partial charge in [-0.15, -0.1) is 5.10 Å². The van der Waals surface area contributed by atoms with Crippen molar-refractivity contribution >= 4 is 11.8 Å². The van der Waals surface area contributed by atoms with Crippen LogP contribution in [-0.4, -0.2) is 76.8 Å². The molecule has 0 aromatic carbocycles. The molecule has 1 aromatic heterocycles. The summed E-state index contributed by atoms with van der Waals surface area (Å²) >= 11 is 0. The second-order valence-electron chi connectivity index (χ2n) is 9.11. The Kier molecular flexibility index (Phi) is 5.94. The van der Waals surface area contributed by atoms with E-state index < -0.39 is 5.60 Å². The van der Waals surface area contributed by atoms with E-state index in [1.807, 2.05) is 9.58 Å². The van der Waals surface area contributed by atoms with Crippen LogP contribution in [0.4, 0.5) is 0 Å². The van der Waals surface area contributed by atoms with Crippen LogP contribution in [0, 0.1) is 11.8 Å². The Balaban J connectivity index is 1.17. The maximum absolute atomic E-state index is 12.9. The van der Waals surface area contributed by atoms with Gasteiger partial charge in [-0.1, -0.05) is 5.21 Å². The molecule has 0 aliphatic carbocycles. The molecule has 1 N–H and O–H groups in total. The topological polar surface area (TPSA) is 108 Å². The molecule has 1 unspecified atom stereocenters. The lowest BCUT2D eigenvalue weighted by atomic mass is 9.98. The number of nitrogens with one attached hydrogen (secondary N) is 1. The van der Waals surface area contributed by atoms with Crippen LogP contribution in [0.25, 0.3) is 0 Å². The lowest BCUT2D eigenvalue weighted by Crippen LogP contribution is -2.46. The zero-order valence-corrected chi connectivity index (χ0v) is 17.9. The van der Waals surface area contributed by atoms with Crippen molar-refractivity contribution in [1.29, 1.82) is 0 Å². The van der Waals surface area contributed by atoms with Crippen LogP contribution < -0.4 is 5.32 Å². The van der Waals surface area contributed by atoms with Crippen LogP contribution >= 0.6 is 0 Å². The molecule has 2 amide bonds. The largest absolute Gasteiger partial charge is 0.381 e. The van der Waals surface area contributed by atoms with Gasteiger partial charge < -0.3 is 24.4 Å². The third-order valence-corrected chi connectivity index (χ3v) is 7.09. The van der Waals surface area contributed by atoms with Crippen LogP contribution in [0.1, 0.15) is 43.5 Å². The Bertz CT molecular complexity index is 817. The van der Waals surface area contributed by atoms with Gasteiger partial charge in [-0.3, -0.25) is 9.59 Å². The number of carbonyl (C=O) groups excluding carboxylic acids is 2. The monoisotopic (exact) mass is 433 g/mol. The number of aromatic nitrogens is 3. The van der Waals surface area contributed by atoms with Gasteiger partial charge in [-0.25, -0.2) is 4.68 Å². The average molecular weight is 434 g/mol.